The van der Waals surface area contributed by atoms with Crippen LogP contribution in [0.25, 0.3) is 0 Å². The van der Waals surface area contributed by atoms with E-state index in [1.807, 2.05) is 36.4 Å². The molecule has 3 aromatic carbocycles. The molecule has 15 nitrogen and oxygen atoms in total. The zero-order valence-corrected chi connectivity index (χ0v) is 54.7. The Morgan fingerprint density at radius 1 is 0.763 bits per heavy atom. The SMILES string of the molecule is O=C[C@@H]1C[C@@]2(CC[C@@]3(CC[C@H](Cc4cccc(O)c4)C3)C2)C[C@@]12C[C@@H]1C[C@H]3C[C@@H]4C[C@]5(CO)O[C@H]6Oc7cccc8c7C(=O)[C@@]79C(O)=CC(Cc%10cccc(CO)c%10)=C(CC[C@H]%10CCCC[C@]%10(O)CC[C@H]7SSCNC7=CC(=C3CN7)[C@@]1(C2)[C@H]4[C@](O)([C@@H]5O)[C@H]6O)[C@@H]9C8=O. The summed E-state index contributed by atoms with van der Waals surface area (Å²) in [6, 6.07) is 20.1. The summed E-state index contributed by atoms with van der Waals surface area (Å²) in [5.74, 6) is -1.94. The summed E-state index contributed by atoms with van der Waals surface area (Å²) in [5.41, 5.74) is -1.78. The molecule has 1 saturated heterocycles. The van der Waals surface area contributed by atoms with Crippen LogP contribution in [0.1, 0.15) is 172 Å². The minimum atomic E-state index is -2.38. The van der Waals surface area contributed by atoms with Crippen molar-refractivity contribution in [3.8, 4) is 11.5 Å². The van der Waals surface area contributed by atoms with Crippen LogP contribution in [0, 0.1) is 74.4 Å². The number of rotatable bonds is 7. The van der Waals surface area contributed by atoms with Crippen molar-refractivity contribution in [2.24, 2.45) is 74.4 Å². The van der Waals surface area contributed by atoms with Gasteiger partial charge in [-0.2, -0.15) is 0 Å². The Bertz CT molecular complexity index is 3760. The minimum Gasteiger partial charge on any atom is -0.511 e. The smallest absolute Gasteiger partial charge is 0.229 e. The van der Waals surface area contributed by atoms with E-state index in [-0.39, 0.29) is 88.3 Å². The van der Waals surface area contributed by atoms with Crippen molar-refractivity contribution < 1.29 is 64.7 Å². The van der Waals surface area contributed by atoms with Crippen LogP contribution < -0.4 is 15.4 Å². The van der Waals surface area contributed by atoms with Gasteiger partial charge in [-0.3, -0.25) is 9.59 Å². The molecular formula is C76H90N2O13S2. The first-order valence-corrected chi connectivity index (χ1v) is 37.5. The molecule has 11 bridgehead atoms. The fourth-order valence-corrected chi connectivity index (χ4v) is 27.4. The fraction of sp³-hybridized carbons (Fsp3) is 0.618. The van der Waals surface area contributed by atoms with E-state index < -0.39 is 81.0 Å². The molecule has 3 aromatic rings. The van der Waals surface area contributed by atoms with Gasteiger partial charge in [0.25, 0.3) is 0 Å². The normalized spacial score (nSPS) is 44.3. The number of aromatic hydroxyl groups is 1. The topological polar surface area (TPSA) is 256 Å². The van der Waals surface area contributed by atoms with Gasteiger partial charge in [-0.15, -0.1) is 0 Å². The highest BCUT2D eigenvalue weighted by Crippen LogP contribution is 2.80. The van der Waals surface area contributed by atoms with Gasteiger partial charge in [0.2, 0.25) is 6.29 Å². The second-order valence-electron chi connectivity index (χ2n) is 32.3. The van der Waals surface area contributed by atoms with E-state index in [4.69, 9.17) is 9.47 Å². The van der Waals surface area contributed by atoms with E-state index in [0.29, 0.717) is 74.6 Å². The predicted octanol–water partition coefficient (Wildman–Crippen LogP) is 10.6. The van der Waals surface area contributed by atoms with E-state index in [9.17, 15) is 45.6 Å². The monoisotopic (exact) mass is 1300 g/mol. The van der Waals surface area contributed by atoms with Crippen molar-refractivity contribution in [3.05, 3.63) is 141 Å². The number of carbonyl (C=O) groups is 3. The quantitative estimate of drug-likeness (QED) is 0.0780. The maximum atomic E-state index is 16.9. The van der Waals surface area contributed by atoms with Gasteiger partial charge >= 0.3 is 0 Å². The van der Waals surface area contributed by atoms with Gasteiger partial charge in [0.1, 0.15) is 52.4 Å². The highest BCUT2D eigenvalue weighted by molar-refractivity contribution is 8.76. The van der Waals surface area contributed by atoms with Gasteiger partial charge in [-0.1, -0.05) is 88.5 Å². The number of fused-ring (bicyclic) bond motifs is 3. The van der Waals surface area contributed by atoms with Crippen LogP contribution in [0.5, 0.6) is 11.5 Å². The highest BCUT2D eigenvalue weighted by atomic mass is 33.1. The Morgan fingerprint density at radius 2 is 1.59 bits per heavy atom. The highest BCUT2D eigenvalue weighted by Gasteiger charge is 2.80. The Kier molecular flexibility index (Phi) is 14.6. The van der Waals surface area contributed by atoms with Crippen LogP contribution in [0.3, 0.4) is 0 Å². The van der Waals surface area contributed by atoms with Gasteiger partial charge in [0.05, 0.1) is 42.0 Å². The number of Topliss-reactive ketones (excluding diaryl/α,β-unsaturated/α-hetero) is 2. The molecule has 9 fully saturated rings. The average Bonchev–Trinajstić information content (AvgIpc) is 1.58. The number of aliphatic hydroxyl groups excluding tert-OH is 5. The molecule has 15 aliphatic rings. The van der Waals surface area contributed by atoms with Crippen LogP contribution in [0.4, 0.5) is 0 Å². The Morgan fingerprint density at radius 3 is 2.43 bits per heavy atom. The second-order valence-corrected chi connectivity index (χ2v) is 34.9. The van der Waals surface area contributed by atoms with Crippen molar-refractivity contribution >= 4 is 39.4 Å². The van der Waals surface area contributed by atoms with E-state index in [1.165, 1.54) is 39.0 Å². The van der Waals surface area contributed by atoms with Crippen molar-refractivity contribution in [2.45, 2.75) is 195 Å². The van der Waals surface area contributed by atoms with Gasteiger partial charge in [-0.25, -0.2) is 0 Å². The number of hydrogen-bond donors (Lipinski definition) is 10. The summed E-state index contributed by atoms with van der Waals surface area (Å²) in [4.78, 5) is 47.4. The lowest BCUT2D eigenvalue weighted by molar-refractivity contribution is -0.392. The molecule has 10 N–H and O–H groups in total. The van der Waals surface area contributed by atoms with Gasteiger partial charge < -0.3 is 65.8 Å². The van der Waals surface area contributed by atoms with Crippen molar-refractivity contribution in [1.29, 1.82) is 0 Å². The number of ether oxygens (including phenoxy) is 2. The van der Waals surface area contributed by atoms with E-state index in [0.717, 1.165) is 118 Å². The largest absolute Gasteiger partial charge is 0.511 e. The lowest BCUT2D eigenvalue weighted by Crippen LogP contribution is -2.81. The minimum absolute atomic E-state index is 0.0396. The number of ketones is 2. The Hall–Kier alpha value is -4.95. The van der Waals surface area contributed by atoms with Crippen LogP contribution in [0.15, 0.2) is 113 Å². The molecule has 12 aliphatic carbocycles. The van der Waals surface area contributed by atoms with Crippen LogP contribution in [-0.4, -0.2) is 118 Å². The molecule has 18 rings (SSSR count). The summed E-state index contributed by atoms with van der Waals surface area (Å²) in [6.07, 6.45) is 17.1. The van der Waals surface area contributed by atoms with Gasteiger partial charge in [-0.05, 0) is 244 Å². The molecule has 5 spiro atoms. The van der Waals surface area contributed by atoms with E-state index >= 15 is 9.59 Å². The van der Waals surface area contributed by atoms with Crippen molar-refractivity contribution in [1.82, 2.24) is 10.6 Å². The summed E-state index contributed by atoms with van der Waals surface area (Å²) >= 11 is 0. The molecule has 93 heavy (non-hydrogen) atoms. The maximum absolute atomic E-state index is 16.9. The summed E-state index contributed by atoms with van der Waals surface area (Å²) in [5, 5.41) is 107. The zero-order valence-electron chi connectivity index (χ0n) is 53.0. The predicted molar refractivity (Wildman–Crippen MR) is 351 cm³/mol. The number of benzene rings is 3. The molecule has 494 valence electrons. The molecular weight excluding hydrogens is 1210 g/mol. The third kappa shape index (κ3) is 8.96. The number of nitrogens with one attached hydrogen (secondary N) is 2. The van der Waals surface area contributed by atoms with Crippen LogP contribution in [-0.2, 0) is 29.0 Å². The number of hydrogen-bond acceptors (Lipinski definition) is 17. The standard InChI is InChI=1S/C76H90N2O13S2/c79-35-45-8-3-6-42(23-45)24-46-28-58(83)75-59-16-19-72(88)17-2-1-9-49(72)13-14-53(46)62(75)63(84)54-11-5-12-57(61(54)65(75)85)90-67-66(86)76(89)64-48(31-73(40-81,91-67)68(76)87)26-47-27-50-33-71(39-74(50,64)56-29-60(77-34-55(47)56)78-41-92-93-59)38-70(32-51(71)36-80)21-20-69(37-70)18-15-44(30-69)22-43-7-4-10-52(82)25-43/h3-8,10-12,23,25,28-29,36,44,47-51,59,62,64,66-68,77-79,81-83,86-89H,1-2,9,13-22,24,26-27,30-35,37-41H2/t44-,47-,48-,49-,50+,51+,59-,62-,64+,66+,67-,68-,69-,70-,71-,72+,73-,74+,75+,76-/m1/s1. The summed E-state index contributed by atoms with van der Waals surface area (Å²) in [6.45, 7) is -0.362. The third-order valence-corrected chi connectivity index (χ3v) is 30.6. The first kappa shape index (κ1) is 61.6. The lowest BCUT2D eigenvalue weighted by Gasteiger charge is -2.65. The molecule has 0 radical (unpaired) electrons. The van der Waals surface area contributed by atoms with Crippen molar-refractivity contribution in [3.63, 3.8) is 0 Å². The summed E-state index contributed by atoms with van der Waals surface area (Å²) < 4.78 is 13.9. The number of dihydropyridines is 1. The zero-order chi connectivity index (χ0) is 63.8. The number of aldehydes is 1. The van der Waals surface area contributed by atoms with E-state index in [1.54, 1.807) is 30.3 Å². The molecule has 0 amide bonds. The van der Waals surface area contributed by atoms with Crippen LogP contribution in [0.2, 0.25) is 0 Å². The molecule has 17 heteroatoms. The molecule has 20 atom stereocenters. The van der Waals surface area contributed by atoms with Crippen molar-refractivity contribution in [2.75, 3.05) is 19.0 Å². The lowest BCUT2D eigenvalue weighted by atomic mass is 9.46. The molecule has 8 saturated carbocycles. The van der Waals surface area contributed by atoms with Crippen LogP contribution >= 0.6 is 21.6 Å². The fourth-order valence-electron chi connectivity index (χ4n) is 24.6. The first-order valence-electron chi connectivity index (χ1n) is 35.1. The first-order chi connectivity index (χ1) is 44.8. The third-order valence-electron chi connectivity index (χ3n) is 27.9. The van der Waals surface area contributed by atoms with E-state index in [2.05, 4.69) is 22.8 Å². The number of aliphatic hydroxyl groups is 7. The Labute approximate surface area is 552 Å². The molecule has 0 aromatic heterocycles. The van der Waals surface area contributed by atoms with Gasteiger partial charge in [0, 0.05) is 34.6 Å². The molecule has 0 unspecified atom stereocenters. The molecule has 3 heterocycles. The number of phenols is 1. The second kappa shape index (κ2) is 22.0. The Balaban J connectivity index is 0.788. The number of allylic oxidation sites excluding steroid dienone is 6. The number of phenolic OH excluding ortho intramolecular Hbond substituents is 1. The summed E-state index contributed by atoms with van der Waals surface area (Å²) in [7, 11) is 2.96. The number of carbonyl (C=O) groups excluding carboxylic acids is 3. The molecule has 3 aliphatic heterocycles. The maximum Gasteiger partial charge on any atom is 0.229 e. The van der Waals surface area contributed by atoms with Gasteiger partial charge in [0.15, 0.2) is 11.6 Å². The average molecular weight is 1300 g/mol.